The zero-order valence-corrected chi connectivity index (χ0v) is 22.8. The molecule has 39 heavy (non-hydrogen) atoms. The van der Waals surface area contributed by atoms with Gasteiger partial charge in [0.2, 0.25) is 0 Å². The highest BCUT2D eigenvalue weighted by atomic mass is 35.5. The van der Waals surface area contributed by atoms with Gasteiger partial charge in [-0.15, -0.1) is 0 Å². The average Bonchev–Trinajstić information content (AvgIpc) is 3.50. The van der Waals surface area contributed by atoms with Crippen LogP contribution >= 0.6 is 11.6 Å². The molecule has 3 aliphatic heterocycles. The van der Waals surface area contributed by atoms with Crippen molar-refractivity contribution < 1.29 is 9.13 Å². The van der Waals surface area contributed by atoms with Crippen LogP contribution in [0.1, 0.15) is 25.7 Å². The molecule has 2 aromatic heterocycles. The van der Waals surface area contributed by atoms with E-state index < -0.39 is 5.82 Å². The molecule has 3 aliphatic rings. The van der Waals surface area contributed by atoms with Crippen LogP contribution in [0, 0.1) is 11.7 Å². The Morgan fingerprint density at radius 1 is 1.13 bits per heavy atom. The first kappa shape index (κ1) is 24.9. The summed E-state index contributed by atoms with van der Waals surface area (Å²) in [5, 5.41) is 6.16. The minimum Gasteiger partial charge on any atom is -0.461 e. The quantitative estimate of drug-likeness (QED) is 0.337. The van der Waals surface area contributed by atoms with Crippen LogP contribution < -0.4 is 15.0 Å². The monoisotopic (exact) mass is 546 g/mol. The molecule has 9 heteroatoms. The summed E-state index contributed by atoms with van der Waals surface area (Å²) in [6.07, 6.45) is 6.29. The molecule has 5 heterocycles. The molecule has 202 valence electrons. The van der Waals surface area contributed by atoms with Crippen molar-refractivity contribution in [1.82, 2.24) is 25.2 Å². The summed E-state index contributed by atoms with van der Waals surface area (Å²) in [5.41, 5.74) is 1.12. The SMILES string of the molecule is CN(CC1CNC1)c1nc(OCC23CCCN2CCC3)nc2c(F)c(-c3cccc4cccc(Cl)c34)ncc12. The number of rotatable bonds is 7. The van der Waals surface area contributed by atoms with Gasteiger partial charge < -0.3 is 15.0 Å². The van der Waals surface area contributed by atoms with Crippen LogP contribution in [0.5, 0.6) is 6.01 Å². The van der Waals surface area contributed by atoms with E-state index >= 15 is 4.39 Å². The van der Waals surface area contributed by atoms with E-state index in [0.717, 1.165) is 56.3 Å². The molecule has 4 aromatic rings. The molecule has 0 atom stereocenters. The van der Waals surface area contributed by atoms with Gasteiger partial charge >= 0.3 is 6.01 Å². The third-order valence-electron chi connectivity index (χ3n) is 8.79. The number of fused-ring (bicyclic) bond motifs is 3. The number of halogens is 2. The fourth-order valence-corrected chi connectivity index (χ4v) is 6.95. The number of anilines is 1. The Balaban J connectivity index is 1.33. The van der Waals surface area contributed by atoms with Crippen molar-refractivity contribution in [2.24, 2.45) is 5.92 Å². The Morgan fingerprint density at radius 2 is 1.90 bits per heavy atom. The van der Waals surface area contributed by atoms with Crippen LogP contribution in [0.2, 0.25) is 5.02 Å². The summed E-state index contributed by atoms with van der Waals surface area (Å²) >= 11 is 6.58. The van der Waals surface area contributed by atoms with Crippen LogP contribution in [0.15, 0.2) is 42.6 Å². The van der Waals surface area contributed by atoms with Crippen molar-refractivity contribution in [3.05, 3.63) is 53.4 Å². The van der Waals surface area contributed by atoms with Gasteiger partial charge in [0.25, 0.3) is 0 Å². The van der Waals surface area contributed by atoms with Gasteiger partial charge in [0.05, 0.1) is 10.9 Å². The van der Waals surface area contributed by atoms with Crippen molar-refractivity contribution in [2.45, 2.75) is 31.2 Å². The Hall–Kier alpha value is -3.07. The van der Waals surface area contributed by atoms with E-state index in [2.05, 4.69) is 25.1 Å². The molecule has 7 nitrogen and oxygen atoms in total. The van der Waals surface area contributed by atoms with Gasteiger partial charge in [-0.3, -0.25) is 9.88 Å². The van der Waals surface area contributed by atoms with Crippen LogP contribution in [0.25, 0.3) is 32.9 Å². The highest BCUT2D eigenvalue weighted by Gasteiger charge is 2.45. The second-order valence-electron chi connectivity index (χ2n) is 11.3. The lowest BCUT2D eigenvalue weighted by atomic mass is 9.95. The minimum absolute atomic E-state index is 0.0453. The average molecular weight is 547 g/mol. The molecule has 3 fully saturated rings. The van der Waals surface area contributed by atoms with Crippen LogP contribution in [-0.4, -0.2) is 71.8 Å². The summed E-state index contributed by atoms with van der Waals surface area (Å²) in [6, 6.07) is 11.6. The highest BCUT2D eigenvalue weighted by molar-refractivity contribution is 6.36. The Kier molecular flexibility index (Phi) is 6.29. The van der Waals surface area contributed by atoms with Crippen LogP contribution in [-0.2, 0) is 0 Å². The van der Waals surface area contributed by atoms with E-state index in [1.807, 2.05) is 43.4 Å². The summed E-state index contributed by atoms with van der Waals surface area (Å²) in [4.78, 5) is 18.7. The lowest BCUT2D eigenvalue weighted by Crippen LogP contribution is -2.47. The fourth-order valence-electron chi connectivity index (χ4n) is 6.67. The van der Waals surface area contributed by atoms with Crippen LogP contribution in [0.4, 0.5) is 10.2 Å². The predicted molar refractivity (Wildman–Crippen MR) is 153 cm³/mol. The molecule has 0 radical (unpaired) electrons. The first-order chi connectivity index (χ1) is 19.0. The summed E-state index contributed by atoms with van der Waals surface area (Å²) < 4.78 is 22.8. The Labute approximate surface area is 232 Å². The number of aromatic nitrogens is 3. The molecule has 0 spiro atoms. The van der Waals surface area contributed by atoms with Gasteiger partial charge in [0.1, 0.15) is 23.6 Å². The number of hydrogen-bond donors (Lipinski definition) is 1. The molecular weight excluding hydrogens is 515 g/mol. The molecule has 7 rings (SSSR count). The van der Waals surface area contributed by atoms with Gasteiger partial charge in [-0.1, -0.05) is 41.9 Å². The Bertz CT molecular complexity index is 1540. The van der Waals surface area contributed by atoms with E-state index in [9.17, 15) is 0 Å². The molecule has 0 amide bonds. The Morgan fingerprint density at radius 3 is 2.64 bits per heavy atom. The number of hydrogen-bond acceptors (Lipinski definition) is 7. The van der Waals surface area contributed by atoms with Crippen molar-refractivity contribution in [1.29, 1.82) is 0 Å². The van der Waals surface area contributed by atoms with E-state index in [1.54, 1.807) is 6.20 Å². The maximum absolute atomic E-state index is 16.4. The zero-order valence-electron chi connectivity index (χ0n) is 22.1. The van der Waals surface area contributed by atoms with E-state index in [1.165, 1.54) is 12.8 Å². The number of benzene rings is 2. The second kappa shape index (κ2) is 9.84. The highest BCUT2D eigenvalue weighted by Crippen LogP contribution is 2.40. The lowest BCUT2D eigenvalue weighted by molar-refractivity contribution is 0.108. The van der Waals surface area contributed by atoms with Gasteiger partial charge in [-0.2, -0.15) is 9.97 Å². The van der Waals surface area contributed by atoms with Gasteiger partial charge in [0.15, 0.2) is 5.82 Å². The first-order valence-electron chi connectivity index (χ1n) is 13.9. The maximum atomic E-state index is 16.4. The molecule has 1 N–H and O–H groups in total. The first-order valence-corrected chi connectivity index (χ1v) is 14.2. The summed E-state index contributed by atoms with van der Waals surface area (Å²) in [5.74, 6) is 0.667. The summed E-state index contributed by atoms with van der Waals surface area (Å²) in [6.45, 7) is 5.48. The van der Waals surface area contributed by atoms with E-state index in [0.29, 0.717) is 34.3 Å². The molecule has 2 aromatic carbocycles. The molecule has 0 unspecified atom stereocenters. The standard InChI is InChI=1S/C30H32ClFN6O/c1-37(17-19-14-33-15-19)28-22-16-34-26(21-8-2-6-20-7-3-9-23(31)24(20)21)25(32)27(22)35-29(36-28)39-18-30-10-4-12-38(30)13-5-11-30/h2-3,6-9,16,19,33H,4-5,10-15,17-18H2,1H3. The van der Waals surface area contributed by atoms with E-state index in [4.69, 9.17) is 21.3 Å². The van der Waals surface area contributed by atoms with Gasteiger partial charge in [0, 0.05) is 54.8 Å². The minimum atomic E-state index is -0.492. The molecule has 0 aliphatic carbocycles. The second-order valence-corrected chi connectivity index (χ2v) is 11.7. The van der Waals surface area contributed by atoms with Crippen molar-refractivity contribution in [2.75, 3.05) is 51.3 Å². The molecule has 0 saturated carbocycles. The molecule has 3 saturated heterocycles. The largest absolute Gasteiger partial charge is 0.461 e. The normalized spacial score (nSPS) is 18.9. The number of pyridine rings is 1. The number of nitrogens with one attached hydrogen (secondary N) is 1. The maximum Gasteiger partial charge on any atom is 0.319 e. The third kappa shape index (κ3) is 4.29. The van der Waals surface area contributed by atoms with Crippen molar-refractivity contribution in [3.8, 4) is 17.3 Å². The van der Waals surface area contributed by atoms with Gasteiger partial charge in [-0.05, 0) is 50.2 Å². The summed E-state index contributed by atoms with van der Waals surface area (Å²) in [7, 11) is 1.99. The van der Waals surface area contributed by atoms with Crippen LogP contribution in [0.3, 0.4) is 0 Å². The lowest BCUT2D eigenvalue weighted by Gasteiger charge is -2.33. The predicted octanol–water partition coefficient (Wildman–Crippen LogP) is 5.30. The van der Waals surface area contributed by atoms with Crippen molar-refractivity contribution >= 4 is 39.1 Å². The third-order valence-corrected chi connectivity index (χ3v) is 9.11. The van der Waals surface area contributed by atoms with Gasteiger partial charge in [-0.25, -0.2) is 4.39 Å². The van der Waals surface area contributed by atoms with Crippen molar-refractivity contribution in [3.63, 3.8) is 0 Å². The smallest absolute Gasteiger partial charge is 0.319 e. The number of nitrogens with zero attached hydrogens (tertiary/aromatic N) is 5. The molecule has 0 bridgehead atoms. The topological polar surface area (TPSA) is 66.4 Å². The molecular formula is C30H32ClFN6O. The fraction of sp³-hybridized carbons (Fsp3) is 0.433. The zero-order chi connectivity index (χ0) is 26.6. The van der Waals surface area contributed by atoms with E-state index in [-0.39, 0.29) is 22.8 Å². The number of ether oxygens (including phenoxy) is 1.